The molecule has 0 fully saturated rings. The Hall–Kier alpha value is -2.08. The molecule has 3 rings (SSSR count). The van der Waals surface area contributed by atoms with Gasteiger partial charge in [-0.1, -0.05) is 36.7 Å². The van der Waals surface area contributed by atoms with Crippen LogP contribution < -0.4 is 14.8 Å². The second-order valence-electron chi connectivity index (χ2n) is 6.08. The molecule has 1 aromatic heterocycles. The monoisotopic (exact) mass is 402 g/mol. The van der Waals surface area contributed by atoms with Crippen molar-refractivity contribution in [1.29, 1.82) is 0 Å². The number of halogens is 1. The highest BCUT2D eigenvalue weighted by atomic mass is 35.5. The lowest BCUT2D eigenvalue weighted by Gasteiger charge is -2.16. The molecule has 6 heteroatoms. The molecule has 0 aliphatic heterocycles. The molecule has 0 amide bonds. The van der Waals surface area contributed by atoms with Crippen molar-refractivity contribution in [2.75, 3.05) is 14.2 Å². The first-order valence-electron chi connectivity index (χ1n) is 8.80. The molecule has 1 atom stereocenters. The minimum absolute atomic E-state index is 0.263. The molecule has 2 aromatic carbocycles. The van der Waals surface area contributed by atoms with Crippen LogP contribution in [0, 0.1) is 0 Å². The summed E-state index contributed by atoms with van der Waals surface area (Å²) in [5.74, 6) is 1.42. The summed E-state index contributed by atoms with van der Waals surface area (Å²) in [6, 6.07) is 14.1. The van der Waals surface area contributed by atoms with Gasteiger partial charge in [0.1, 0.15) is 5.01 Å². The number of para-hydroxylation sites is 1. The zero-order valence-corrected chi connectivity index (χ0v) is 17.2. The lowest BCUT2D eigenvalue weighted by molar-refractivity contribution is 0.356. The van der Waals surface area contributed by atoms with E-state index in [0.717, 1.165) is 27.7 Å². The van der Waals surface area contributed by atoms with Crippen LogP contribution in [0.15, 0.2) is 47.8 Å². The van der Waals surface area contributed by atoms with Crippen molar-refractivity contribution < 1.29 is 9.47 Å². The Kier molecular flexibility index (Phi) is 6.72. The number of rotatable bonds is 8. The number of aromatic nitrogens is 1. The molecule has 0 aliphatic rings. The van der Waals surface area contributed by atoms with E-state index in [0.29, 0.717) is 18.0 Å². The van der Waals surface area contributed by atoms with E-state index in [1.165, 1.54) is 5.56 Å². The summed E-state index contributed by atoms with van der Waals surface area (Å²) in [6.07, 6.45) is 0.988. The maximum Gasteiger partial charge on any atom is 0.170 e. The summed E-state index contributed by atoms with van der Waals surface area (Å²) in [5, 5.41) is 7.33. The summed E-state index contributed by atoms with van der Waals surface area (Å²) in [4.78, 5) is 4.78. The fraction of sp³-hybridized carbons (Fsp3) is 0.286. The Balaban J connectivity index is 1.74. The predicted octanol–water partition coefficient (Wildman–Crippen LogP) is 5.72. The van der Waals surface area contributed by atoms with Gasteiger partial charge in [0.15, 0.2) is 11.5 Å². The number of thiazole rings is 1. The molecule has 4 nitrogen and oxygen atoms in total. The molecule has 0 saturated carbocycles. The number of hydrogen-bond acceptors (Lipinski definition) is 5. The zero-order chi connectivity index (χ0) is 19.2. The van der Waals surface area contributed by atoms with Crippen LogP contribution >= 0.6 is 22.9 Å². The highest BCUT2D eigenvalue weighted by Crippen LogP contribution is 2.39. The maximum atomic E-state index is 5.99. The molecule has 27 heavy (non-hydrogen) atoms. The zero-order valence-electron chi connectivity index (χ0n) is 15.7. The van der Waals surface area contributed by atoms with Crippen molar-refractivity contribution in [2.24, 2.45) is 0 Å². The normalized spacial score (nSPS) is 12.0. The van der Waals surface area contributed by atoms with Crippen LogP contribution in [-0.2, 0) is 6.54 Å². The first-order valence-corrected chi connectivity index (χ1v) is 10.1. The third-order valence-electron chi connectivity index (χ3n) is 4.40. The number of hydrogen-bond donors (Lipinski definition) is 1. The summed E-state index contributed by atoms with van der Waals surface area (Å²) >= 11 is 7.60. The van der Waals surface area contributed by atoms with Crippen LogP contribution in [0.25, 0.3) is 10.6 Å². The number of ether oxygens (including phenoxy) is 2. The van der Waals surface area contributed by atoms with E-state index in [1.807, 2.05) is 30.3 Å². The molecule has 3 aromatic rings. The van der Waals surface area contributed by atoms with Gasteiger partial charge in [0.05, 0.1) is 25.5 Å². The van der Waals surface area contributed by atoms with Gasteiger partial charge in [-0.2, -0.15) is 0 Å². The molecule has 1 unspecified atom stereocenters. The number of benzene rings is 2. The molecule has 0 radical (unpaired) electrons. The van der Waals surface area contributed by atoms with Crippen LogP contribution in [0.3, 0.4) is 0 Å². The lowest BCUT2D eigenvalue weighted by Crippen LogP contribution is -2.20. The minimum Gasteiger partial charge on any atom is -0.493 e. The van der Waals surface area contributed by atoms with Gasteiger partial charge < -0.3 is 14.8 Å². The van der Waals surface area contributed by atoms with E-state index in [9.17, 15) is 0 Å². The van der Waals surface area contributed by atoms with E-state index < -0.39 is 0 Å². The molecular weight excluding hydrogens is 380 g/mol. The number of nitrogens with zero attached hydrogens (tertiary/aromatic N) is 1. The lowest BCUT2D eigenvalue weighted by atomic mass is 10.0. The highest BCUT2D eigenvalue weighted by molar-refractivity contribution is 7.13. The summed E-state index contributed by atoms with van der Waals surface area (Å²) in [7, 11) is 3.29. The molecule has 0 aliphatic carbocycles. The van der Waals surface area contributed by atoms with Gasteiger partial charge in [-0.25, -0.2) is 4.98 Å². The Morgan fingerprint density at radius 2 is 1.89 bits per heavy atom. The minimum atomic E-state index is 0.263. The Labute approximate surface area is 169 Å². The van der Waals surface area contributed by atoms with Crippen LogP contribution in [0.4, 0.5) is 0 Å². The average molecular weight is 403 g/mol. The summed E-state index contributed by atoms with van der Waals surface area (Å²) < 4.78 is 10.9. The predicted molar refractivity (Wildman–Crippen MR) is 112 cm³/mol. The van der Waals surface area contributed by atoms with Crippen LogP contribution in [-0.4, -0.2) is 19.2 Å². The van der Waals surface area contributed by atoms with Crippen molar-refractivity contribution in [1.82, 2.24) is 10.3 Å². The quantitative estimate of drug-likeness (QED) is 0.523. The van der Waals surface area contributed by atoms with Gasteiger partial charge in [0.2, 0.25) is 0 Å². The highest BCUT2D eigenvalue weighted by Gasteiger charge is 2.15. The van der Waals surface area contributed by atoms with Crippen molar-refractivity contribution >= 4 is 22.9 Å². The summed E-state index contributed by atoms with van der Waals surface area (Å²) in [5.41, 5.74) is 3.18. The first kappa shape index (κ1) is 19.7. The fourth-order valence-corrected chi connectivity index (χ4v) is 3.96. The van der Waals surface area contributed by atoms with Gasteiger partial charge in [-0.05, 0) is 36.2 Å². The largest absolute Gasteiger partial charge is 0.493 e. The Morgan fingerprint density at radius 1 is 1.11 bits per heavy atom. The van der Waals surface area contributed by atoms with E-state index in [1.54, 1.807) is 25.6 Å². The molecule has 1 N–H and O–H groups in total. The van der Waals surface area contributed by atoms with Crippen LogP contribution in [0.5, 0.6) is 11.5 Å². The fourth-order valence-electron chi connectivity index (χ4n) is 2.99. The second kappa shape index (κ2) is 9.22. The van der Waals surface area contributed by atoms with Crippen molar-refractivity contribution in [2.45, 2.75) is 25.9 Å². The SMILES string of the molecule is CCC(NCc1csc(-c2cccc(OC)c2OC)n1)c1ccc(Cl)cc1. The summed E-state index contributed by atoms with van der Waals surface area (Å²) in [6.45, 7) is 2.86. The van der Waals surface area contributed by atoms with E-state index in [-0.39, 0.29) is 6.04 Å². The molecule has 1 heterocycles. The van der Waals surface area contributed by atoms with Crippen LogP contribution in [0.2, 0.25) is 5.02 Å². The smallest absolute Gasteiger partial charge is 0.170 e. The number of nitrogens with one attached hydrogen (secondary N) is 1. The molecule has 0 spiro atoms. The van der Waals surface area contributed by atoms with Gasteiger partial charge in [-0.15, -0.1) is 11.3 Å². The van der Waals surface area contributed by atoms with Crippen molar-refractivity contribution in [3.05, 3.63) is 64.1 Å². The number of methoxy groups -OCH3 is 2. The third kappa shape index (κ3) is 4.61. The van der Waals surface area contributed by atoms with Crippen molar-refractivity contribution in [3.63, 3.8) is 0 Å². The maximum absolute atomic E-state index is 5.99. The van der Waals surface area contributed by atoms with E-state index in [4.69, 9.17) is 26.1 Å². The van der Waals surface area contributed by atoms with E-state index in [2.05, 4.69) is 29.8 Å². The molecule has 0 saturated heterocycles. The standard InChI is InChI=1S/C21H23ClN2O2S/c1-4-18(14-8-10-15(22)11-9-14)23-12-16-13-27-21(24-16)17-6-5-7-19(25-2)20(17)26-3/h5-11,13,18,23H,4,12H2,1-3H3. The van der Waals surface area contributed by atoms with Gasteiger partial charge in [-0.3, -0.25) is 0 Å². The van der Waals surface area contributed by atoms with Gasteiger partial charge >= 0.3 is 0 Å². The van der Waals surface area contributed by atoms with Gasteiger partial charge in [0, 0.05) is 23.0 Å². The Bertz CT molecular complexity index is 880. The molecule has 142 valence electrons. The van der Waals surface area contributed by atoms with E-state index >= 15 is 0 Å². The molecular formula is C21H23ClN2O2S. The first-order chi connectivity index (χ1) is 13.2. The Morgan fingerprint density at radius 3 is 2.56 bits per heavy atom. The average Bonchev–Trinajstić information content (AvgIpc) is 3.17. The molecule has 0 bridgehead atoms. The van der Waals surface area contributed by atoms with Gasteiger partial charge in [0.25, 0.3) is 0 Å². The third-order valence-corrected chi connectivity index (χ3v) is 5.57. The van der Waals surface area contributed by atoms with Crippen molar-refractivity contribution in [3.8, 4) is 22.1 Å². The van der Waals surface area contributed by atoms with Crippen LogP contribution in [0.1, 0.15) is 30.6 Å². The second-order valence-corrected chi connectivity index (χ2v) is 7.37. The topological polar surface area (TPSA) is 43.4 Å².